The summed E-state index contributed by atoms with van der Waals surface area (Å²) in [6.07, 6.45) is 0. The summed E-state index contributed by atoms with van der Waals surface area (Å²) in [5, 5.41) is 3.27. The fourth-order valence-electron chi connectivity index (χ4n) is 1.16. The Morgan fingerprint density at radius 3 is 2.77 bits per heavy atom. The van der Waals surface area contributed by atoms with Gasteiger partial charge >= 0.3 is 0 Å². The van der Waals surface area contributed by atoms with Crippen LogP contribution in [-0.4, -0.2) is 6.54 Å². The molecule has 0 aliphatic heterocycles. The first kappa shape index (κ1) is 9.83. The van der Waals surface area contributed by atoms with E-state index in [1.54, 1.807) is 0 Å². The van der Waals surface area contributed by atoms with Gasteiger partial charge in [-0.05, 0) is 25.0 Å². The molecule has 0 spiro atoms. The Balaban J connectivity index is 2.44. The Morgan fingerprint density at radius 1 is 1.31 bits per heavy atom. The minimum atomic E-state index is 0.769. The second kappa shape index (κ2) is 5.40. The van der Waals surface area contributed by atoms with Crippen molar-refractivity contribution in [1.82, 2.24) is 5.32 Å². The Kier molecular flexibility index (Phi) is 4.08. The van der Waals surface area contributed by atoms with E-state index in [4.69, 9.17) is 0 Å². The number of hydrogen-bond donors (Lipinski definition) is 1. The fourth-order valence-corrected chi connectivity index (χ4v) is 1.16. The van der Waals surface area contributed by atoms with Crippen molar-refractivity contribution in [2.75, 3.05) is 6.54 Å². The van der Waals surface area contributed by atoms with E-state index < -0.39 is 0 Å². The average molecular weight is 173 g/mol. The Bertz CT molecular complexity index is 317. The number of benzene rings is 1. The molecule has 1 rings (SSSR count). The van der Waals surface area contributed by atoms with Gasteiger partial charge in [0, 0.05) is 6.54 Å². The van der Waals surface area contributed by atoms with Crippen LogP contribution in [0, 0.1) is 18.8 Å². The number of aryl methyl sites for hydroxylation is 1. The molecule has 1 nitrogen and oxygen atoms in total. The number of rotatable bonds is 3. The van der Waals surface area contributed by atoms with Crippen LogP contribution in [0.15, 0.2) is 24.3 Å². The molecule has 0 bridgehead atoms. The van der Waals surface area contributed by atoms with Crippen molar-refractivity contribution in [1.29, 1.82) is 0 Å². The van der Waals surface area contributed by atoms with Crippen molar-refractivity contribution in [2.24, 2.45) is 0 Å². The molecule has 68 valence electrons. The summed E-state index contributed by atoms with van der Waals surface area (Å²) < 4.78 is 0. The van der Waals surface area contributed by atoms with E-state index in [2.05, 4.69) is 48.3 Å². The van der Waals surface area contributed by atoms with E-state index in [9.17, 15) is 0 Å². The second-order valence-electron chi connectivity index (χ2n) is 2.96. The van der Waals surface area contributed by atoms with Crippen LogP contribution in [0.1, 0.15) is 18.1 Å². The minimum Gasteiger partial charge on any atom is -0.302 e. The highest BCUT2D eigenvalue weighted by molar-refractivity contribution is 5.25. The zero-order valence-corrected chi connectivity index (χ0v) is 8.22. The molecule has 0 atom stereocenters. The lowest BCUT2D eigenvalue weighted by atomic mass is 10.1. The molecule has 0 aliphatic rings. The Labute approximate surface area is 80.2 Å². The Hall–Kier alpha value is -1.26. The van der Waals surface area contributed by atoms with Crippen LogP contribution in [-0.2, 0) is 6.54 Å². The van der Waals surface area contributed by atoms with Crippen LogP contribution in [0.3, 0.4) is 0 Å². The van der Waals surface area contributed by atoms with E-state index >= 15 is 0 Å². The van der Waals surface area contributed by atoms with Gasteiger partial charge in [-0.1, -0.05) is 30.2 Å². The summed E-state index contributed by atoms with van der Waals surface area (Å²) in [5.41, 5.74) is 2.68. The molecular weight excluding hydrogens is 158 g/mol. The summed E-state index contributed by atoms with van der Waals surface area (Å²) in [6.45, 7) is 5.66. The third-order valence-electron chi connectivity index (χ3n) is 1.97. The molecule has 0 aliphatic carbocycles. The van der Waals surface area contributed by atoms with Crippen molar-refractivity contribution in [2.45, 2.75) is 20.4 Å². The van der Waals surface area contributed by atoms with Gasteiger partial charge in [0.15, 0.2) is 0 Å². The van der Waals surface area contributed by atoms with Crippen molar-refractivity contribution in [3.05, 3.63) is 35.4 Å². The van der Waals surface area contributed by atoms with Gasteiger partial charge in [0.1, 0.15) is 0 Å². The maximum absolute atomic E-state index is 3.27. The van der Waals surface area contributed by atoms with E-state index in [0.717, 1.165) is 13.1 Å². The zero-order valence-electron chi connectivity index (χ0n) is 8.22. The fraction of sp³-hybridized carbons (Fsp3) is 0.333. The molecule has 0 radical (unpaired) electrons. The largest absolute Gasteiger partial charge is 0.302 e. The molecule has 1 aromatic rings. The maximum Gasteiger partial charge on any atom is 0.0579 e. The molecule has 0 unspecified atom stereocenters. The van der Waals surface area contributed by atoms with Crippen LogP contribution >= 0.6 is 0 Å². The van der Waals surface area contributed by atoms with Gasteiger partial charge in [-0.25, -0.2) is 0 Å². The van der Waals surface area contributed by atoms with Crippen LogP contribution in [0.5, 0.6) is 0 Å². The molecule has 13 heavy (non-hydrogen) atoms. The molecule has 1 aromatic carbocycles. The predicted octanol–water partition coefficient (Wildman–Crippen LogP) is 2.11. The van der Waals surface area contributed by atoms with Gasteiger partial charge in [0.2, 0.25) is 0 Å². The normalized spacial score (nSPS) is 9.08. The lowest BCUT2D eigenvalue weighted by Crippen LogP contribution is -2.13. The lowest BCUT2D eigenvalue weighted by molar-refractivity contribution is 0.765. The van der Waals surface area contributed by atoms with Gasteiger partial charge in [0.25, 0.3) is 0 Å². The summed E-state index contributed by atoms with van der Waals surface area (Å²) in [4.78, 5) is 0. The van der Waals surface area contributed by atoms with E-state index in [-0.39, 0.29) is 0 Å². The molecular formula is C12H15N. The molecule has 0 saturated heterocycles. The van der Waals surface area contributed by atoms with Gasteiger partial charge in [-0.15, -0.1) is 5.92 Å². The second-order valence-corrected chi connectivity index (χ2v) is 2.96. The molecule has 0 saturated carbocycles. The lowest BCUT2D eigenvalue weighted by Gasteiger charge is -2.04. The standard InChI is InChI=1S/C12H15N/c1-3-4-9-13-10-12-8-6-5-7-11(12)2/h5-8,13H,9-10H2,1-2H3. The highest BCUT2D eigenvalue weighted by atomic mass is 14.8. The molecule has 0 fully saturated rings. The first-order valence-corrected chi connectivity index (χ1v) is 4.49. The topological polar surface area (TPSA) is 12.0 Å². The van der Waals surface area contributed by atoms with Crippen molar-refractivity contribution in [3.63, 3.8) is 0 Å². The summed E-state index contributed by atoms with van der Waals surface area (Å²) >= 11 is 0. The molecule has 0 aromatic heterocycles. The first-order chi connectivity index (χ1) is 6.34. The smallest absolute Gasteiger partial charge is 0.0579 e. The van der Waals surface area contributed by atoms with Crippen LogP contribution in [0.25, 0.3) is 0 Å². The van der Waals surface area contributed by atoms with E-state index in [0.29, 0.717) is 0 Å². The zero-order chi connectivity index (χ0) is 9.52. The SMILES string of the molecule is CC#CCNCc1ccccc1C. The van der Waals surface area contributed by atoms with E-state index in [1.165, 1.54) is 11.1 Å². The highest BCUT2D eigenvalue weighted by Gasteiger charge is 1.93. The number of nitrogens with one attached hydrogen (secondary N) is 1. The highest BCUT2D eigenvalue weighted by Crippen LogP contribution is 2.05. The molecule has 1 N–H and O–H groups in total. The molecule has 0 heterocycles. The van der Waals surface area contributed by atoms with Gasteiger partial charge in [-0.3, -0.25) is 0 Å². The quantitative estimate of drug-likeness (QED) is 0.545. The van der Waals surface area contributed by atoms with E-state index in [1.807, 2.05) is 6.92 Å². The monoisotopic (exact) mass is 173 g/mol. The van der Waals surface area contributed by atoms with Crippen molar-refractivity contribution >= 4 is 0 Å². The van der Waals surface area contributed by atoms with Gasteiger partial charge in [0.05, 0.1) is 6.54 Å². The maximum atomic E-state index is 3.27. The van der Waals surface area contributed by atoms with Crippen LogP contribution < -0.4 is 5.32 Å². The summed E-state index contributed by atoms with van der Waals surface area (Å²) in [5.74, 6) is 5.83. The van der Waals surface area contributed by atoms with Gasteiger partial charge < -0.3 is 5.32 Å². The predicted molar refractivity (Wildman–Crippen MR) is 56.3 cm³/mol. The summed E-state index contributed by atoms with van der Waals surface area (Å²) in [6, 6.07) is 8.39. The third kappa shape index (κ3) is 3.31. The van der Waals surface area contributed by atoms with Crippen LogP contribution in [0.4, 0.5) is 0 Å². The summed E-state index contributed by atoms with van der Waals surface area (Å²) in [7, 11) is 0. The molecule has 1 heteroatoms. The minimum absolute atomic E-state index is 0.769. The van der Waals surface area contributed by atoms with Crippen molar-refractivity contribution < 1.29 is 0 Å². The average Bonchev–Trinajstić information content (AvgIpc) is 2.15. The van der Waals surface area contributed by atoms with Gasteiger partial charge in [-0.2, -0.15) is 0 Å². The Morgan fingerprint density at radius 2 is 2.08 bits per heavy atom. The first-order valence-electron chi connectivity index (χ1n) is 4.49. The third-order valence-corrected chi connectivity index (χ3v) is 1.97. The van der Waals surface area contributed by atoms with Crippen LogP contribution in [0.2, 0.25) is 0 Å². The number of hydrogen-bond acceptors (Lipinski definition) is 1. The van der Waals surface area contributed by atoms with Crippen molar-refractivity contribution in [3.8, 4) is 11.8 Å². The molecule has 0 amide bonds.